The van der Waals surface area contributed by atoms with Crippen molar-refractivity contribution < 1.29 is 0 Å². The van der Waals surface area contributed by atoms with Crippen LogP contribution in [0.4, 0.5) is 5.82 Å². The molecule has 5 heteroatoms. The number of hydrogen-bond acceptors (Lipinski definition) is 5. The highest BCUT2D eigenvalue weighted by Gasteiger charge is 2.38. The first-order valence-electron chi connectivity index (χ1n) is 4.59. The molecule has 3 rings (SSSR count). The van der Waals surface area contributed by atoms with Gasteiger partial charge in [0.15, 0.2) is 5.82 Å². The molecular weight excluding hydrogens is 184 g/mol. The standard InChI is InChI=1S/C8H12N4S/c1-12-3-5-2-9-8-7(6(5)4-12)10-13-11-8/h5-6H,2-4H2,1H3,(H,9,11). The highest BCUT2D eigenvalue weighted by Crippen LogP contribution is 2.38. The summed E-state index contributed by atoms with van der Waals surface area (Å²) < 4.78 is 8.62. The molecule has 0 bridgehead atoms. The van der Waals surface area contributed by atoms with Crippen LogP contribution in [0.25, 0.3) is 0 Å². The monoisotopic (exact) mass is 196 g/mol. The summed E-state index contributed by atoms with van der Waals surface area (Å²) in [6.07, 6.45) is 0. The fourth-order valence-corrected chi connectivity index (χ4v) is 2.98. The molecule has 0 aliphatic carbocycles. The molecule has 2 aliphatic rings. The fraction of sp³-hybridized carbons (Fsp3) is 0.750. The van der Waals surface area contributed by atoms with Crippen molar-refractivity contribution in [2.45, 2.75) is 5.92 Å². The predicted molar refractivity (Wildman–Crippen MR) is 52.1 cm³/mol. The van der Waals surface area contributed by atoms with Crippen LogP contribution >= 0.6 is 11.7 Å². The van der Waals surface area contributed by atoms with E-state index in [1.165, 1.54) is 24.0 Å². The average molecular weight is 196 g/mol. The van der Waals surface area contributed by atoms with Gasteiger partial charge in [-0.15, -0.1) is 0 Å². The van der Waals surface area contributed by atoms with Gasteiger partial charge in [-0.2, -0.15) is 8.75 Å². The van der Waals surface area contributed by atoms with Gasteiger partial charge < -0.3 is 10.2 Å². The van der Waals surface area contributed by atoms with Crippen molar-refractivity contribution in [1.29, 1.82) is 0 Å². The molecule has 1 N–H and O–H groups in total. The highest BCUT2D eigenvalue weighted by molar-refractivity contribution is 6.99. The molecule has 0 aromatic carbocycles. The first-order chi connectivity index (χ1) is 6.34. The minimum Gasteiger partial charge on any atom is -0.367 e. The number of hydrogen-bond donors (Lipinski definition) is 1. The van der Waals surface area contributed by atoms with E-state index in [1.807, 2.05) is 0 Å². The first kappa shape index (κ1) is 7.70. The number of rotatable bonds is 0. The molecule has 1 aromatic rings. The van der Waals surface area contributed by atoms with E-state index in [4.69, 9.17) is 0 Å². The molecule has 2 aliphatic heterocycles. The van der Waals surface area contributed by atoms with Gasteiger partial charge in [0, 0.05) is 25.6 Å². The Morgan fingerprint density at radius 1 is 1.46 bits per heavy atom. The quantitative estimate of drug-likeness (QED) is 0.660. The van der Waals surface area contributed by atoms with Crippen LogP contribution < -0.4 is 5.32 Å². The highest BCUT2D eigenvalue weighted by atomic mass is 32.1. The lowest BCUT2D eigenvalue weighted by molar-refractivity contribution is 0.399. The van der Waals surface area contributed by atoms with Crippen LogP contribution in [0.5, 0.6) is 0 Å². The lowest BCUT2D eigenvalue weighted by atomic mass is 9.90. The third kappa shape index (κ3) is 1.07. The van der Waals surface area contributed by atoms with Crippen molar-refractivity contribution >= 4 is 17.5 Å². The molecule has 1 fully saturated rings. The second kappa shape index (κ2) is 2.65. The predicted octanol–water partition coefficient (Wildman–Crippen LogP) is 0.609. The molecule has 2 atom stereocenters. The van der Waals surface area contributed by atoms with Gasteiger partial charge in [0.2, 0.25) is 0 Å². The van der Waals surface area contributed by atoms with Crippen LogP contribution in [0.1, 0.15) is 11.6 Å². The molecule has 3 heterocycles. The maximum atomic E-state index is 4.38. The molecule has 0 amide bonds. The number of fused-ring (bicyclic) bond motifs is 3. The Morgan fingerprint density at radius 3 is 3.31 bits per heavy atom. The zero-order valence-electron chi connectivity index (χ0n) is 7.53. The van der Waals surface area contributed by atoms with Gasteiger partial charge in [-0.25, -0.2) is 0 Å². The summed E-state index contributed by atoms with van der Waals surface area (Å²) in [5.41, 5.74) is 1.20. The lowest BCUT2D eigenvalue weighted by Crippen LogP contribution is -2.26. The van der Waals surface area contributed by atoms with E-state index in [9.17, 15) is 0 Å². The molecule has 0 radical (unpaired) electrons. The summed E-state index contributed by atoms with van der Waals surface area (Å²) in [4.78, 5) is 2.38. The van der Waals surface area contributed by atoms with Crippen molar-refractivity contribution in [2.75, 3.05) is 32.0 Å². The Bertz CT molecular complexity index is 324. The normalized spacial score (nSPS) is 32.4. The largest absolute Gasteiger partial charge is 0.367 e. The minimum atomic E-state index is 0.625. The molecule has 1 saturated heterocycles. The van der Waals surface area contributed by atoms with Crippen LogP contribution in [-0.4, -0.2) is 40.3 Å². The lowest BCUT2D eigenvalue weighted by Gasteiger charge is -2.23. The maximum Gasteiger partial charge on any atom is 0.163 e. The molecule has 1 aromatic heterocycles. The van der Waals surface area contributed by atoms with E-state index < -0.39 is 0 Å². The number of anilines is 1. The second-order valence-electron chi connectivity index (χ2n) is 3.97. The summed E-state index contributed by atoms with van der Waals surface area (Å²) in [6, 6.07) is 0. The second-order valence-corrected chi connectivity index (χ2v) is 4.50. The molecule has 0 saturated carbocycles. The van der Waals surface area contributed by atoms with E-state index in [-0.39, 0.29) is 0 Å². The van der Waals surface area contributed by atoms with Crippen molar-refractivity contribution in [3.8, 4) is 0 Å². The fourth-order valence-electron chi connectivity index (χ4n) is 2.39. The van der Waals surface area contributed by atoms with E-state index in [0.717, 1.165) is 24.8 Å². The molecular formula is C8H12N4S. The Labute approximate surface area is 81.3 Å². The Morgan fingerprint density at radius 2 is 2.38 bits per heavy atom. The van der Waals surface area contributed by atoms with Gasteiger partial charge in [0.05, 0.1) is 11.7 Å². The zero-order chi connectivity index (χ0) is 8.84. The number of likely N-dealkylation sites (tertiary alicyclic amines) is 1. The Kier molecular flexibility index (Phi) is 1.57. The first-order valence-corrected chi connectivity index (χ1v) is 5.32. The third-order valence-electron chi connectivity index (χ3n) is 3.02. The third-order valence-corrected chi connectivity index (χ3v) is 3.56. The van der Waals surface area contributed by atoms with Crippen LogP contribution in [0.3, 0.4) is 0 Å². The van der Waals surface area contributed by atoms with E-state index in [2.05, 4.69) is 26.0 Å². The number of aromatic nitrogens is 2. The minimum absolute atomic E-state index is 0.625. The van der Waals surface area contributed by atoms with Gasteiger partial charge in [-0.1, -0.05) is 0 Å². The van der Waals surface area contributed by atoms with Crippen LogP contribution in [0.15, 0.2) is 0 Å². The molecule has 13 heavy (non-hydrogen) atoms. The van der Waals surface area contributed by atoms with Crippen molar-refractivity contribution in [3.63, 3.8) is 0 Å². The number of nitrogens with zero attached hydrogens (tertiary/aromatic N) is 3. The van der Waals surface area contributed by atoms with Crippen LogP contribution in [0.2, 0.25) is 0 Å². The smallest absolute Gasteiger partial charge is 0.163 e. The van der Waals surface area contributed by atoms with E-state index in [1.54, 1.807) is 0 Å². The van der Waals surface area contributed by atoms with E-state index in [0.29, 0.717) is 5.92 Å². The molecule has 70 valence electrons. The molecule has 0 spiro atoms. The van der Waals surface area contributed by atoms with Gasteiger partial charge >= 0.3 is 0 Å². The van der Waals surface area contributed by atoms with E-state index >= 15 is 0 Å². The maximum absolute atomic E-state index is 4.38. The topological polar surface area (TPSA) is 41.0 Å². The van der Waals surface area contributed by atoms with Crippen molar-refractivity contribution in [3.05, 3.63) is 5.69 Å². The van der Waals surface area contributed by atoms with Crippen molar-refractivity contribution in [1.82, 2.24) is 13.6 Å². The van der Waals surface area contributed by atoms with Gasteiger partial charge in [-0.05, 0) is 13.0 Å². The van der Waals surface area contributed by atoms with Crippen LogP contribution in [-0.2, 0) is 0 Å². The average Bonchev–Trinajstić information content (AvgIpc) is 2.65. The van der Waals surface area contributed by atoms with Gasteiger partial charge in [-0.3, -0.25) is 0 Å². The Balaban J connectivity index is 1.99. The Hall–Kier alpha value is -0.680. The van der Waals surface area contributed by atoms with Gasteiger partial charge in [0.25, 0.3) is 0 Å². The number of likely N-dealkylation sites (N-methyl/N-ethyl adjacent to an activating group) is 1. The summed E-state index contributed by atoms with van der Waals surface area (Å²) in [5, 5.41) is 3.34. The summed E-state index contributed by atoms with van der Waals surface area (Å²) >= 11 is 1.32. The molecule has 2 unspecified atom stereocenters. The number of nitrogens with one attached hydrogen (secondary N) is 1. The SMILES string of the molecule is CN1CC2CNc3nsnc3C2C1. The van der Waals surface area contributed by atoms with Crippen LogP contribution in [0, 0.1) is 5.92 Å². The molecule has 4 nitrogen and oxygen atoms in total. The summed E-state index contributed by atoms with van der Waals surface area (Å²) in [5.74, 6) is 2.39. The van der Waals surface area contributed by atoms with Gasteiger partial charge in [0.1, 0.15) is 5.69 Å². The van der Waals surface area contributed by atoms with Crippen molar-refractivity contribution in [2.24, 2.45) is 5.92 Å². The zero-order valence-corrected chi connectivity index (χ0v) is 8.34. The summed E-state index contributed by atoms with van der Waals surface area (Å²) in [6.45, 7) is 3.40. The summed E-state index contributed by atoms with van der Waals surface area (Å²) in [7, 11) is 2.18.